The first-order valence-electron chi connectivity index (χ1n) is 8.64. The van der Waals surface area contributed by atoms with Gasteiger partial charge in [0, 0.05) is 21.9 Å². The molecule has 0 saturated carbocycles. The predicted molar refractivity (Wildman–Crippen MR) is 97.9 cm³/mol. The number of rotatable bonds is 3. The second kappa shape index (κ2) is 6.42. The van der Waals surface area contributed by atoms with Gasteiger partial charge >= 0.3 is 6.09 Å². The summed E-state index contributed by atoms with van der Waals surface area (Å²) in [4.78, 5) is 18.0. The lowest BCUT2D eigenvalue weighted by atomic mass is 9.83. The highest BCUT2D eigenvalue weighted by Crippen LogP contribution is 2.40. The number of fused-ring (bicyclic) bond motifs is 3. The lowest BCUT2D eigenvalue weighted by Gasteiger charge is -2.48. The van der Waals surface area contributed by atoms with E-state index >= 15 is 0 Å². The molecule has 0 radical (unpaired) electrons. The molecule has 1 unspecified atom stereocenters. The minimum atomic E-state index is -0.958. The first-order valence-corrected chi connectivity index (χ1v) is 9.45. The highest BCUT2D eigenvalue weighted by molar-refractivity contribution is 7.15. The third kappa shape index (κ3) is 3.04. The van der Waals surface area contributed by atoms with Gasteiger partial charge in [0.25, 0.3) is 0 Å². The van der Waals surface area contributed by atoms with Crippen LogP contribution in [0.3, 0.4) is 0 Å². The zero-order chi connectivity index (χ0) is 17.6. The SMILES string of the molecule is Cc1ccc(-c2cc(F)ccc2N(C(=O)O)C2CN3CCC2CC3)s1. The lowest BCUT2D eigenvalue weighted by Crippen LogP contribution is -2.58. The van der Waals surface area contributed by atoms with Crippen molar-refractivity contribution in [2.75, 3.05) is 24.5 Å². The number of hydrogen-bond acceptors (Lipinski definition) is 3. The van der Waals surface area contributed by atoms with Gasteiger partial charge in [0.05, 0.1) is 11.7 Å². The predicted octanol–water partition coefficient (Wildman–Crippen LogP) is 4.44. The number of benzene rings is 1. The van der Waals surface area contributed by atoms with E-state index in [2.05, 4.69) is 4.90 Å². The molecule has 4 heterocycles. The Balaban J connectivity index is 1.79. The summed E-state index contributed by atoms with van der Waals surface area (Å²) in [6, 6.07) is 8.29. The van der Waals surface area contributed by atoms with E-state index in [4.69, 9.17) is 0 Å². The summed E-state index contributed by atoms with van der Waals surface area (Å²) in [5, 5.41) is 9.97. The first-order chi connectivity index (χ1) is 12.0. The maximum atomic E-state index is 13.9. The van der Waals surface area contributed by atoms with Crippen molar-refractivity contribution in [3.05, 3.63) is 41.0 Å². The van der Waals surface area contributed by atoms with Crippen LogP contribution in [0.2, 0.25) is 0 Å². The van der Waals surface area contributed by atoms with Crippen molar-refractivity contribution in [1.29, 1.82) is 0 Å². The number of halogens is 1. The minimum Gasteiger partial charge on any atom is -0.465 e. The normalized spacial score (nSPS) is 25.1. The van der Waals surface area contributed by atoms with Crippen LogP contribution < -0.4 is 4.90 Å². The topological polar surface area (TPSA) is 43.8 Å². The summed E-state index contributed by atoms with van der Waals surface area (Å²) in [6.45, 7) is 4.86. The van der Waals surface area contributed by atoms with Gasteiger partial charge in [-0.15, -0.1) is 11.3 Å². The number of nitrogens with zero attached hydrogens (tertiary/aromatic N) is 2. The molecule has 6 heteroatoms. The van der Waals surface area contributed by atoms with E-state index < -0.39 is 6.09 Å². The van der Waals surface area contributed by atoms with Crippen molar-refractivity contribution in [2.24, 2.45) is 5.92 Å². The van der Waals surface area contributed by atoms with Crippen molar-refractivity contribution >= 4 is 23.1 Å². The molecule has 1 amide bonds. The molecule has 132 valence electrons. The third-order valence-electron chi connectivity index (χ3n) is 5.38. The van der Waals surface area contributed by atoms with E-state index in [1.807, 2.05) is 19.1 Å². The van der Waals surface area contributed by atoms with Gasteiger partial charge in [0.2, 0.25) is 0 Å². The van der Waals surface area contributed by atoms with Gasteiger partial charge < -0.3 is 10.0 Å². The molecule has 25 heavy (non-hydrogen) atoms. The van der Waals surface area contributed by atoms with Crippen molar-refractivity contribution in [2.45, 2.75) is 25.8 Å². The monoisotopic (exact) mass is 360 g/mol. The Bertz CT molecular complexity index is 798. The van der Waals surface area contributed by atoms with E-state index in [9.17, 15) is 14.3 Å². The molecule has 0 spiro atoms. The molecule has 4 nitrogen and oxygen atoms in total. The molecule has 5 rings (SSSR count). The van der Waals surface area contributed by atoms with Crippen molar-refractivity contribution in [1.82, 2.24) is 4.90 Å². The summed E-state index contributed by atoms with van der Waals surface area (Å²) < 4.78 is 13.9. The fourth-order valence-electron chi connectivity index (χ4n) is 4.14. The van der Waals surface area contributed by atoms with Crippen LogP contribution in [0.4, 0.5) is 14.9 Å². The standard InChI is InChI=1S/C19H21FN2O2S/c1-12-2-5-18(25-12)15-10-14(20)3-4-16(15)22(19(23)24)17-11-21-8-6-13(17)7-9-21/h2-5,10,13,17H,6-9,11H2,1H3,(H,23,24). The molecule has 1 aromatic carbocycles. The average Bonchev–Trinajstić information content (AvgIpc) is 3.03. The number of piperidine rings is 3. The number of carbonyl (C=O) groups is 1. The molecule has 1 aromatic heterocycles. The zero-order valence-corrected chi connectivity index (χ0v) is 14.9. The van der Waals surface area contributed by atoms with Gasteiger partial charge in [0.15, 0.2) is 0 Å². The van der Waals surface area contributed by atoms with Gasteiger partial charge in [-0.1, -0.05) is 0 Å². The number of aryl methyl sites for hydroxylation is 1. The Kier molecular flexibility index (Phi) is 4.25. The molecular formula is C19H21FN2O2S. The van der Waals surface area contributed by atoms with Crippen molar-refractivity contribution in [3.63, 3.8) is 0 Å². The maximum Gasteiger partial charge on any atom is 0.412 e. The van der Waals surface area contributed by atoms with Gasteiger partial charge in [-0.3, -0.25) is 4.90 Å². The number of anilines is 1. The second-order valence-electron chi connectivity index (χ2n) is 6.93. The van der Waals surface area contributed by atoms with Crippen LogP contribution in [0.1, 0.15) is 17.7 Å². The molecule has 2 bridgehead atoms. The fourth-order valence-corrected chi connectivity index (χ4v) is 5.04. The van der Waals surface area contributed by atoms with Crippen molar-refractivity contribution < 1.29 is 14.3 Å². The Hall–Kier alpha value is -1.92. The van der Waals surface area contributed by atoms with Crippen LogP contribution in [0.5, 0.6) is 0 Å². The Morgan fingerprint density at radius 1 is 1.28 bits per heavy atom. The largest absolute Gasteiger partial charge is 0.465 e. The molecule has 1 atom stereocenters. The molecule has 1 N–H and O–H groups in total. The average molecular weight is 360 g/mol. The molecule has 3 saturated heterocycles. The highest BCUT2D eigenvalue weighted by atomic mass is 32.1. The van der Waals surface area contributed by atoms with E-state index in [-0.39, 0.29) is 11.9 Å². The zero-order valence-electron chi connectivity index (χ0n) is 14.1. The molecule has 0 aliphatic carbocycles. The summed E-state index contributed by atoms with van der Waals surface area (Å²) in [7, 11) is 0. The van der Waals surface area contributed by atoms with Gasteiger partial charge in [0.1, 0.15) is 5.82 Å². The number of carboxylic acid groups (broad SMARTS) is 1. The third-order valence-corrected chi connectivity index (χ3v) is 6.42. The molecular weight excluding hydrogens is 339 g/mol. The van der Waals surface area contributed by atoms with Crippen LogP contribution in [-0.4, -0.2) is 41.8 Å². The van der Waals surface area contributed by atoms with Crippen LogP contribution in [0.15, 0.2) is 30.3 Å². The number of amides is 1. The maximum absolute atomic E-state index is 13.9. The Labute approximate surface area is 150 Å². The van der Waals surface area contributed by atoms with Crippen LogP contribution in [0.25, 0.3) is 10.4 Å². The Morgan fingerprint density at radius 2 is 2.04 bits per heavy atom. The molecule has 2 aromatic rings. The van der Waals surface area contributed by atoms with E-state index in [0.29, 0.717) is 17.2 Å². The molecule has 3 aliphatic rings. The van der Waals surface area contributed by atoms with Crippen LogP contribution in [-0.2, 0) is 0 Å². The van der Waals surface area contributed by atoms with E-state index in [1.165, 1.54) is 17.0 Å². The van der Waals surface area contributed by atoms with Gasteiger partial charge in [-0.25, -0.2) is 9.18 Å². The van der Waals surface area contributed by atoms with E-state index in [1.54, 1.807) is 17.4 Å². The summed E-state index contributed by atoms with van der Waals surface area (Å²) in [5.74, 6) is 0.0353. The second-order valence-corrected chi connectivity index (χ2v) is 8.22. The number of thiophene rings is 1. The van der Waals surface area contributed by atoms with Gasteiger partial charge in [-0.05, 0) is 69.1 Å². The fraction of sp³-hybridized carbons (Fsp3) is 0.421. The summed E-state index contributed by atoms with van der Waals surface area (Å²) in [5.41, 5.74) is 1.26. The highest BCUT2D eigenvalue weighted by Gasteiger charge is 2.40. The Morgan fingerprint density at radius 3 is 2.60 bits per heavy atom. The first kappa shape index (κ1) is 16.5. The summed E-state index contributed by atoms with van der Waals surface area (Å²) in [6.07, 6.45) is 1.10. The quantitative estimate of drug-likeness (QED) is 0.880. The minimum absolute atomic E-state index is 0.0646. The lowest BCUT2D eigenvalue weighted by molar-refractivity contribution is 0.0838. The van der Waals surface area contributed by atoms with Gasteiger partial charge in [-0.2, -0.15) is 0 Å². The smallest absolute Gasteiger partial charge is 0.412 e. The summed E-state index contributed by atoms with van der Waals surface area (Å²) >= 11 is 1.56. The number of hydrogen-bond donors (Lipinski definition) is 1. The van der Waals surface area contributed by atoms with E-state index in [0.717, 1.165) is 42.2 Å². The van der Waals surface area contributed by atoms with Crippen molar-refractivity contribution in [3.8, 4) is 10.4 Å². The molecule has 3 aliphatic heterocycles. The molecule has 3 fully saturated rings. The van der Waals surface area contributed by atoms with Crippen LogP contribution in [0, 0.1) is 18.7 Å². The van der Waals surface area contributed by atoms with Crippen LogP contribution >= 0.6 is 11.3 Å².